The molecule has 0 amide bonds. The number of hydrogen-bond acceptors (Lipinski definition) is 0. The van der Waals surface area contributed by atoms with Crippen molar-refractivity contribution in [1.82, 2.24) is 0 Å². The Balaban J connectivity index is 3.04. The lowest BCUT2D eigenvalue weighted by atomic mass is 9.86. The van der Waals surface area contributed by atoms with Crippen molar-refractivity contribution in [2.75, 3.05) is 0 Å². The summed E-state index contributed by atoms with van der Waals surface area (Å²) >= 11 is 0. The molecule has 0 nitrogen and oxygen atoms in total. The van der Waals surface area contributed by atoms with Crippen LogP contribution >= 0.6 is 0 Å². The molecular weight excluding hydrogens is 192 g/mol. The molecule has 0 N–H and O–H groups in total. The van der Waals surface area contributed by atoms with Crippen LogP contribution in [0.2, 0.25) is 0 Å². The van der Waals surface area contributed by atoms with Crippen LogP contribution in [-0.2, 0) is 0 Å². The minimum atomic E-state index is 1.08. The lowest BCUT2D eigenvalue weighted by molar-refractivity contribution is 0.997. The van der Waals surface area contributed by atoms with E-state index in [0.29, 0.717) is 0 Å². The summed E-state index contributed by atoms with van der Waals surface area (Å²) in [6.45, 7) is 16.0. The van der Waals surface area contributed by atoms with E-state index in [9.17, 15) is 0 Å². The Labute approximate surface area is 99.1 Å². The van der Waals surface area contributed by atoms with Gasteiger partial charge in [-0.1, -0.05) is 49.6 Å². The Morgan fingerprint density at radius 1 is 1.12 bits per heavy atom. The van der Waals surface area contributed by atoms with Gasteiger partial charge in [0.2, 0.25) is 0 Å². The molecule has 0 unspecified atom stereocenters. The minimum Gasteiger partial charge on any atom is -0.0991 e. The smallest absolute Gasteiger partial charge is 0.0155 e. The maximum absolute atomic E-state index is 4.16. The molecule has 1 rings (SSSR count). The lowest BCUT2D eigenvalue weighted by Crippen LogP contribution is -2.00. The van der Waals surface area contributed by atoms with Gasteiger partial charge in [-0.3, -0.25) is 0 Å². The van der Waals surface area contributed by atoms with Gasteiger partial charge in [-0.2, -0.15) is 0 Å². The van der Waals surface area contributed by atoms with Crippen LogP contribution in [0.5, 0.6) is 0 Å². The molecule has 0 atom stereocenters. The topological polar surface area (TPSA) is 0 Å². The van der Waals surface area contributed by atoms with E-state index in [0.717, 1.165) is 29.6 Å². The van der Waals surface area contributed by atoms with Gasteiger partial charge < -0.3 is 0 Å². The maximum atomic E-state index is 4.16. The molecule has 16 heavy (non-hydrogen) atoms. The molecule has 1 aliphatic carbocycles. The summed E-state index contributed by atoms with van der Waals surface area (Å²) in [7, 11) is 0. The molecule has 0 radical (unpaired) electrons. The van der Waals surface area contributed by atoms with Crippen molar-refractivity contribution >= 4 is 0 Å². The molecule has 0 heteroatoms. The fourth-order valence-electron chi connectivity index (χ4n) is 1.85. The van der Waals surface area contributed by atoms with Crippen molar-refractivity contribution < 1.29 is 0 Å². The summed E-state index contributed by atoms with van der Waals surface area (Å²) < 4.78 is 0. The molecule has 84 valence electrons. The van der Waals surface area contributed by atoms with Gasteiger partial charge in [0, 0.05) is 0 Å². The van der Waals surface area contributed by atoms with Crippen molar-refractivity contribution in [3.8, 4) is 0 Å². The Kier molecular flexibility index (Phi) is 4.30. The molecule has 0 saturated heterocycles. The lowest BCUT2D eigenvalue weighted by Gasteiger charge is -2.19. The molecule has 0 aromatic rings. The van der Waals surface area contributed by atoms with Crippen molar-refractivity contribution in [2.45, 2.75) is 26.7 Å². The zero-order valence-electron chi connectivity index (χ0n) is 10.3. The Morgan fingerprint density at radius 3 is 2.19 bits per heavy atom. The highest BCUT2D eigenvalue weighted by Crippen LogP contribution is 2.32. The second-order valence-corrected chi connectivity index (χ2v) is 4.16. The molecule has 0 saturated carbocycles. The van der Waals surface area contributed by atoms with Crippen molar-refractivity contribution in [3.05, 3.63) is 71.9 Å². The summed E-state index contributed by atoms with van der Waals surface area (Å²) in [4.78, 5) is 0. The van der Waals surface area contributed by atoms with Crippen molar-refractivity contribution in [2.24, 2.45) is 0 Å². The van der Waals surface area contributed by atoms with E-state index in [1.54, 1.807) is 6.08 Å². The third-order valence-electron chi connectivity index (χ3n) is 2.78. The standard InChI is InChI=1S/C16H20/c1-6-9-13(4)14(5)16-11-8-7-10-15(16)12(2)3/h6,9-11H,1-2,5,7-8H2,3-4H3. The molecule has 0 aromatic carbocycles. The zero-order chi connectivity index (χ0) is 12.1. The van der Waals surface area contributed by atoms with Crippen LogP contribution in [0.1, 0.15) is 26.7 Å². The Morgan fingerprint density at radius 2 is 1.69 bits per heavy atom. The average molecular weight is 212 g/mol. The second kappa shape index (κ2) is 5.50. The molecule has 1 aliphatic rings. The maximum Gasteiger partial charge on any atom is -0.0155 e. The first-order valence-electron chi connectivity index (χ1n) is 5.63. The highest BCUT2D eigenvalue weighted by molar-refractivity contribution is 5.60. The van der Waals surface area contributed by atoms with Gasteiger partial charge in [0.25, 0.3) is 0 Å². The summed E-state index contributed by atoms with van der Waals surface area (Å²) in [5.74, 6) is 0. The summed E-state index contributed by atoms with van der Waals surface area (Å²) in [6, 6.07) is 0. The molecule has 0 aliphatic heterocycles. The van der Waals surface area contributed by atoms with Gasteiger partial charge in [-0.15, -0.1) is 0 Å². The van der Waals surface area contributed by atoms with E-state index in [1.165, 1.54) is 11.1 Å². The summed E-state index contributed by atoms with van der Waals surface area (Å²) in [5.41, 5.74) is 5.82. The first-order valence-corrected chi connectivity index (χ1v) is 5.63. The molecule has 0 fully saturated rings. The van der Waals surface area contributed by atoms with Crippen molar-refractivity contribution in [1.29, 1.82) is 0 Å². The van der Waals surface area contributed by atoms with E-state index in [-0.39, 0.29) is 0 Å². The first kappa shape index (κ1) is 12.5. The highest BCUT2D eigenvalue weighted by atomic mass is 14.2. The van der Waals surface area contributed by atoms with Gasteiger partial charge in [0.1, 0.15) is 0 Å². The molecular formula is C16H20. The molecule has 0 aromatic heterocycles. The van der Waals surface area contributed by atoms with E-state index in [1.807, 2.05) is 13.0 Å². The van der Waals surface area contributed by atoms with E-state index >= 15 is 0 Å². The van der Waals surface area contributed by atoms with E-state index in [2.05, 4.69) is 38.8 Å². The van der Waals surface area contributed by atoms with Gasteiger partial charge in [-0.25, -0.2) is 0 Å². The second-order valence-electron chi connectivity index (χ2n) is 4.16. The first-order chi connectivity index (χ1) is 7.57. The highest BCUT2D eigenvalue weighted by Gasteiger charge is 2.13. The summed E-state index contributed by atoms with van der Waals surface area (Å²) in [5, 5.41) is 0. The van der Waals surface area contributed by atoms with Crippen LogP contribution in [0.15, 0.2) is 71.9 Å². The normalized spacial score (nSPS) is 16.2. The average Bonchev–Trinajstić information content (AvgIpc) is 2.28. The number of rotatable bonds is 4. The largest absolute Gasteiger partial charge is 0.0991 e. The van der Waals surface area contributed by atoms with Crippen molar-refractivity contribution in [3.63, 3.8) is 0 Å². The number of allylic oxidation sites excluding steroid dienone is 9. The fraction of sp³-hybridized carbons (Fsp3) is 0.250. The minimum absolute atomic E-state index is 1.08. The summed E-state index contributed by atoms with van der Waals surface area (Å²) in [6.07, 6.45) is 10.5. The van der Waals surface area contributed by atoms with Gasteiger partial charge in [-0.05, 0) is 49.0 Å². The molecule has 0 spiro atoms. The predicted octanol–water partition coefficient (Wildman–Crippen LogP) is 4.90. The quantitative estimate of drug-likeness (QED) is 0.581. The SMILES string of the molecule is C=CC=C(C)C(=C)C1=CCCC=C1C(=C)C. The van der Waals surface area contributed by atoms with Gasteiger partial charge in [0.15, 0.2) is 0 Å². The van der Waals surface area contributed by atoms with Crippen LogP contribution in [0.3, 0.4) is 0 Å². The van der Waals surface area contributed by atoms with E-state index in [4.69, 9.17) is 0 Å². The van der Waals surface area contributed by atoms with Crippen LogP contribution in [0.25, 0.3) is 0 Å². The van der Waals surface area contributed by atoms with Gasteiger partial charge >= 0.3 is 0 Å². The van der Waals surface area contributed by atoms with Crippen LogP contribution in [0.4, 0.5) is 0 Å². The Bertz CT molecular complexity index is 411. The Hall–Kier alpha value is -1.56. The molecule has 0 bridgehead atoms. The van der Waals surface area contributed by atoms with Crippen LogP contribution < -0.4 is 0 Å². The third-order valence-corrected chi connectivity index (χ3v) is 2.78. The van der Waals surface area contributed by atoms with Crippen LogP contribution in [-0.4, -0.2) is 0 Å². The monoisotopic (exact) mass is 212 g/mol. The predicted molar refractivity (Wildman–Crippen MR) is 73.3 cm³/mol. The van der Waals surface area contributed by atoms with Gasteiger partial charge in [0.05, 0.1) is 0 Å². The third kappa shape index (κ3) is 2.73. The fourth-order valence-corrected chi connectivity index (χ4v) is 1.85. The number of hydrogen-bond donors (Lipinski definition) is 0. The van der Waals surface area contributed by atoms with Crippen LogP contribution in [0, 0.1) is 0 Å². The molecule has 0 heterocycles. The zero-order valence-corrected chi connectivity index (χ0v) is 10.3. The van der Waals surface area contributed by atoms with E-state index < -0.39 is 0 Å².